The molecule has 0 saturated heterocycles. The average molecular weight is 573 g/mol. The van der Waals surface area contributed by atoms with Gasteiger partial charge in [0.15, 0.2) is 6.54 Å². The van der Waals surface area contributed by atoms with Crippen LogP contribution in [0.25, 0.3) is 16.3 Å². The van der Waals surface area contributed by atoms with E-state index in [1.165, 1.54) is 11.1 Å². The van der Waals surface area contributed by atoms with Crippen molar-refractivity contribution < 1.29 is 24.4 Å². The first-order valence-electron chi connectivity index (χ1n) is 13.4. The number of hydrogen-bond donors (Lipinski definition) is 1. The van der Waals surface area contributed by atoms with Crippen molar-refractivity contribution in [3.05, 3.63) is 94.0 Å². The van der Waals surface area contributed by atoms with Gasteiger partial charge < -0.3 is 19.9 Å². The molecule has 0 radical (unpaired) electrons. The van der Waals surface area contributed by atoms with Gasteiger partial charge in [-0.25, -0.2) is 0 Å². The SMILES string of the molecule is CC1(C)CC(/C=C2\Sc3ccccc3N2CCC(=O)[O-])=CC(=C/C=C/c2sc3ccccc3[n+]2CCC(=O)O)/C1. The minimum absolute atomic E-state index is 0.0308. The highest BCUT2D eigenvalue weighted by Crippen LogP contribution is 2.47. The maximum absolute atomic E-state index is 11.2. The van der Waals surface area contributed by atoms with Crippen molar-refractivity contribution >= 4 is 57.0 Å². The lowest BCUT2D eigenvalue weighted by atomic mass is 9.75. The van der Waals surface area contributed by atoms with E-state index in [0.717, 1.165) is 43.7 Å². The van der Waals surface area contributed by atoms with Gasteiger partial charge in [0.1, 0.15) is 11.1 Å². The smallest absolute Gasteiger partial charge is 0.309 e. The maximum atomic E-state index is 11.2. The van der Waals surface area contributed by atoms with Crippen LogP contribution in [-0.4, -0.2) is 23.6 Å². The van der Waals surface area contributed by atoms with Gasteiger partial charge in [-0.2, -0.15) is 4.57 Å². The number of aliphatic carboxylic acids is 2. The summed E-state index contributed by atoms with van der Waals surface area (Å²) >= 11 is 3.33. The van der Waals surface area contributed by atoms with Gasteiger partial charge in [-0.05, 0) is 53.7 Å². The number of rotatable bonds is 9. The number of aryl methyl sites for hydroxylation is 1. The van der Waals surface area contributed by atoms with Crippen molar-refractivity contribution in [1.82, 2.24) is 0 Å². The second-order valence-electron chi connectivity index (χ2n) is 10.9. The van der Waals surface area contributed by atoms with Gasteiger partial charge in [0, 0.05) is 36.0 Å². The third-order valence-corrected chi connectivity index (χ3v) is 9.20. The predicted molar refractivity (Wildman–Crippen MR) is 160 cm³/mol. The van der Waals surface area contributed by atoms with Crippen LogP contribution >= 0.6 is 23.1 Å². The summed E-state index contributed by atoms with van der Waals surface area (Å²) in [6.45, 7) is 5.34. The maximum Gasteiger partial charge on any atom is 0.309 e. The van der Waals surface area contributed by atoms with Crippen LogP contribution in [0.1, 0.15) is 44.5 Å². The van der Waals surface area contributed by atoms with Gasteiger partial charge in [-0.15, -0.1) is 0 Å². The molecule has 40 heavy (non-hydrogen) atoms. The number of carboxylic acids is 2. The quantitative estimate of drug-likeness (QED) is 0.320. The largest absolute Gasteiger partial charge is 0.550 e. The van der Waals surface area contributed by atoms with Gasteiger partial charge in [0.2, 0.25) is 5.52 Å². The van der Waals surface area contributed by atoms with E-state index in [1.807, 2.05) is 36.4 Å². The van der Waals surface area contributed by atoms with Crippen molar-refractivity contribution in [3.63, 3.8) is 0 Å². The Hall–Kier alpha value is -3.62. The molecule has 2 aliphatic rings. The monoisotopic (exact) mass is 572 g/mol. The van der Waals surface area contributed by atoms with Crippen LogP contribution in [0.2, 0.25) is 0 Å². The standard InChI is InChI=1S/C32H32N2O4S2/c1-32(2)20-22(8-7-13-28-33(16-14-30(35)36)24-9-3-5-11-26(24)39-28)18-23(21-32)19-29-34(17-15-31(37)38)25-10-4-6-12-27(25)40-29/h3-13,18-19H,14-17,20-21H2,1-2H3,(H-,35,36,37,38). The van der Waals surface area contributed by atoms with Gasteiger partial charge in [0.05, 0.1) is 10.7 Å². The number of carboxylic acid groups (broad SMARTS) is 2. The molecule has 206 valence electrons. The summed E-state index contributed by atoms with van der Waals surface area (Å²) in [4.78, 5) is 25.7. The molecule has 2 aromatic carbocycles. The number of fused-ring (bicyclic) bond motifs is 2. The Morgan fingerprint density at radius 2 is 1.88 bits per heavy atom. The Labute approximate surface area is 242 Å². The van der Waals surface area contributed by atoms with Crippen LogP contribution in [0.15, 0.2) is 93.9 Å². The molecule has 1 aromatic heterocycles. The predicted octanol–water partition coefficient (Wildman–Crippen LogP) is 5.94. The second kappa shape index (κ2) is 11.9. The molecule has 0 spiro atoms. The highest BCUT2D eigenvalue weighted by atomic mass is 32.2. The Morgan fingerprint density at radius 3 is 2.67 bits per heavy atom. The van der Waals surface area contributed by atoms with E-state index in [2.05, 4.69) is 65.8 Å². The fraction of sp³-hybridized carbons (Fsp3) is 0.281. The minimum atomic E-state index is -1.05. The van der Waals surface area contributed by atoms with E-state index in [1.54, 1.807) is 23.1 Å². The summed E-state index contributed by atoms with van der Waals surface area (Å²) in [6, 6.07) is 16.2. The fourth-order valence-corrected chi connectivity index (χ4v) is 7.60. The molecule has 5 rings (SSSR count). The zero-order chi connectivity index (χ0) is 28.3. The van der Waals surface area contributed by atoms with Crippen molar-refractivity contribution in [2.75, 3.05) is 11.4 Å². The highest BCUT2D eigenvalue weighted by molar-refractivity contribution is 8.03. The van der Waals surface area contributed by atoms with E-state index >= 15 is 0 Å². The molecule has 8 heteroatoms. The molecule has 3 aromatic rings. The van der Waals surface area contributed by atoms with Crippen LogP contribution < -0.4 is 14.6 Å². The van der Waals surface area contributed by atoms with E-state index in [0.29, 0.717) is 13.1 Å². The Bertz CT molecular complexity index is 1580. The van der Waals surface area contributed by atoms with Gasteiger partial charge in [0.25, 0.3) is 5.01 Å². The van der Waals surface area contributed by atoms with E-state index in [-0.39, 0.29) is 18.3 Å². The van der Waals surface area contributed by atoms with Crippen LogP contribution in [0.3, 0.4) is 0 Å². The highest BCUT2D eigenvalue weighted by Gasteiger charge is 2.28. The third-order valence-electron chi connectivity index (χ3n) is 6.96. The molecule has 0 bridgehead atoms. The van der Waals surface area contributed by atoms with Gasteiger partial charge in [-0.1, -0.05) is 79.4 Å². The summed E-state index contributed by atoms with van der Waals surface area (Å²) < 4.78 is 3.21. The Balaban J connectivity index is 1.43. The summed E-state index contributed by atoms with van der Waals surface area (Å²) in [7, 11) is 0. The molecular formula is C32H32N2O4S2. The van der Waals surface area contributed by atoms with Crippen molar-refractivity contribution in [3.8, 4) is 0 Å². The molecular weight excluding hydrogens is 540 g/mol. The first-order valence-corrected chi connectivity index (χ1v) is 15.0. The van der Waals surface area contributed by atoms with E-state index in [9.17, 15) is 19.8 Å². The second-order valence-corrected chi connectivity index (χ2v) is 13.0. The number of allylic oxidation sites excluding steroid dienone is 6. The molecule has 1 N–H and O–H groups in total. The van der Waals surface area contributed by atoms with E-state index < -0.39 is 11.9 Å². The van der Waals surface area contributed by atoms with Crippen LogP contribution in [0.4, 0.5) is 5.69 Å². The topological polar surface area (TPSA) is 84.6 Å². The van der Waals surface area contributed by atoms with Crippen molar-refractivity contribution in [2.45, 2.75) is 51.0 Å². The molecule has 1 aliphatic carbocycles. The number of para-hydroxylation sites is 2. The number of benzene rings is 2. The molecule has 0 atom stereocenters. The first kappa shape index (κ1) is 27.9. The molecule has 1 aliphatic heterocycles. The number of aromatic nitrogens is 1. The molecule has 0 saturated carbocycles. The summed E-state index contributed by atoms with van der Waals surface area (Å²) in [5.74, 6) is -1.86. The number of thioether (sulfide) groups is 1. The number of hydrogen-bond acceptors (Lipinski definition) is 6. The molecule has 2 heterocycles. The number of carbonyl (C=O) groups is 2. The zero-order valence-corrected chi connectivity index (χ0v) is 24.3. The number of nitrogens with zero attached hydrogens (tertiary/aromatic N) is 2. The van der Waals surface area contributed by atoms with Crippen LogP contribution in [0, 0.1) is 5.41 Å². The number of carbonyl (C=O) groups excluding carboxylic acids is 1. The number of thiazole rings is 1. The fourth-order valence-electron chi connectivity index (χ4n) is 5.33. The lowest BCUT2D eigenvalue weighted by molar-refractivity contribution is -0.667. The number of anilines is 1. The van der Waals surface area contributed by atoms with Crippen LogP contribution in [0.5, 0.6) is 0 Å². The molecule has 0 fully saturated rings. The normalized spacial score (nSPS) is 18.6. The average Bonchev–Trinajstić information content (AvgIpc) is 3.42. The lowest BCUT2D eigenvalue weighted by Crippen LogP contribution is -2.36. The minimum Gasteiger partial charge on any atom is -0.550 e. The van der Waals surface area contributed by atoms with Gasteiger partial charge in [-0.3, -0.25) is 4.79 Å². The molecule has 6 nitrogen and oxygen atoms in total. The Morgan fingerprint density at radius 1 is 1.10 bits per heavy atom. The van der Waals surface area contributed by atoms with Crippen molar-refractivity contribution in [1.29, 1.82) is 0 Å². The third kappa shape index (κ3) is 6.57. The zero-order valence-electron chi connectivity index (χ0n) is 22.6. The first-order chi connectivity index (χ1) is 19.2. The summed E-state index contributed by atoms with van der Waals surface area (Å²) in [6.07, 6.45) is 12.6. The van der Waals surface area contributed by atoms with Crippen LogP contribution in [-0.2, 0) is 16.1 Å². The lowest BCUT2D eigenvalue weighted by Gasteiger charge is -2.31. The van der Waals surface area contributed by atoms with Crippen molar-refractivity contribution in [2.24, 2.45) is 5.41 Å². The summed E-state index contributed by atoms with van der Waals surface area (Å²) in [5, 5.41) is 22.5. The molecule has 0 unspecified atom stereocenters. The van der Waals surface area contributed by atoms with Gasteiger partial charge >= 0.3 is 5.97 Å². The molecule has 0 amide bonds. The summed E-state index contributed by atoms with van der Waals surface area (Å²) in [5.41, 5.74) is 4.59. The van der Waals surface area contributed by atoms with E-state index in [4.69, 9.17) is 0 Å². The Kier molecular flexibility index (Phi) is 8.28.